The predicted octanol–water partition coefficient (Wildman–Crippen LogP) is -1.03. The Kier molecular flexibility index (Phi) is 7.36. The molecule has 1 aliphatic rings. The Morgan fingerprint density at radius 1 is 1.15 bits per heavy atom. The minimum atomic E-state index is -0.647. The van der Waals surface area contributed by atoms with E-state index in [4.69, 9.17) is 4.74 Å². The van der Waals surface area contributed by atoms with Gasteiger partial charge in [0.15, 0.2) is 0 Å². The molecule has 6 nitrogen and oxygen atoms in total. The maximum absolute atomic E-state index is 10.4. The molecular weight excluding hydrogens is 258 g/mol. The van der Waals surface area contributed by atoms with Crippen molar-refractivity contribution in [2.24, 2.45) is 0 Å². The van der Waals surface area contributed by atoms with Gasteiger partial charge in [-0.05, 0) is 21.1 Å². The minimum absolute atomic E-state index is 0.0849. The summed E-state index contributed by atoms with van der Waals surface area (Å²) in [7, 11) is 6.07. The highest BCUT2D eigenvalue weighted by molar-refractivity contribution is 4.97. The zero-order valence-corrected chi connectivity index (χ0v) is 13.4. The first kappa shape index (κ1) is 17.8. The molecule has 1 saturated heterocycles. The SMILES string of the molecule is CC(C)NC[C@H]1O[C@@H](CO)[C@@H](O)[C@H]1N(C)CCN(C)C. The third-order valence-corrected chi connectivity index (χ3v) is 3.78. The van der Waals surface area contributed by atoms with Crippen LogP contribution in [0.15, 0.2) is 0 Å². The van der Waals surface area contributed by atoms with Crippen LogP contribution in [0.25, 0.3) is 0 Å². The molecule has 120 valence electrons. The van der Waals surface area contributed by atoms with Crippen molar-refractivity contribution >= 4 is 0 Å². The van der Waals surface area contributed by atoms with Gasteiger partial charge in [-0.15, -0.1) is 0 Å². The van der Waals surface area contributed by atoms with Crippen molar-refractivity contribution in [3.63, 3.8) is 0 Å². The average Bonchev–Trinajstić information content (AvgIpc) is 2.69. The van der Waals surface area contributed by atoms with Crippen LogP contribution in [0.1, 0.15) is 13.8 Å². The second-order valence-electron chi connectivity index (χ2n) is 6.22. The van der Waals surface area contributed by atoms with Crippen molar-refractivity contribution < 1.29 is 14.9 Å². The normalized spacial score (nSPS) is 30.9. The molecule has 0 unspecified atom stereocenters. The van der Waals surface area contributed by atoms with Crippen LogP contribution in [0.4, 0.5) is 0 Å². The fraction of sp³-hybridized carbons (Fsp3) is 1.00. The molecule has 1 rings (SSSR count). The van der Waals surface area contributed by atoms with Crippen LogP contribution in [0, 0.1) is 0 Å². The van der Waals surface area contributed by atoms with Crippen LogP contribution in [0.5, 0.6) is 0 Å². The van der Waals surface area contributed by atoms with Gasteiger partial charge >= 0.3 is 0 Å². The van der Waals surface area contributed by atoms with Gasteiger partial charge in [0.1, 0.15) is 12.2 Å². The van der Waals surface area contributed by atoms with E-state index < -0.39 is 12.2 Å². The third kappa shape index (κ3) is 4.95. The molecule has 0 aromatic carbocycles. The lowest BCUT2D eigenvalue weighted by atomic mass is 10.0. The zero-order chi connectivity index (χ0) is 15.3. The molecule has 0 saturated carbocycles. The minimum Gasteiger partial charge on any atom is -0.394 e. The number of nitrogens with one attached hydrogen (secondary N) is 1. The van der Waals surface area contributed by atoms with Crippen molar-refractivity contribution in [3.05, 3.63) is 0 Å². The van der Waals surface area contributed by atoms with E-state index in [1.54, 1.807) is 0 Å². The first-order chi connectivity index (χ1) is 9.36. The first-order valence-electron chi connectivity index (χ1n) is 7.39. The second kappa shape index (κ2) is 8.26. The van der Waals surface area contributed by atoms with Crippen molar-refractivity contribution in [2.45, 2.75) is 44.2 Å². The Labute approximate surface area is 122 Å². The molecular formula is C14H31N3O3. The molecule has 0 aliphatic carbocycles. The van der Waals surface area contributed by atoms with Crippen molar-refractivity contribution in [3.8, 4) is 0 Å². The quantitative estimate of drug-likeness (QED) is 0.531. The lowest BCUT2D eigenvalue weighted by Gasteiger charge is -2.31. The van der Waals surface area contributed by atoms with E-state index in [0.717, 1.165) is 13.1 Å². The molecule has 1 fully saturated rings. The predicted molar refractivity (Wildman–Crippen MR) is 79.9 cm³/mol. The molecule has 1 aliphatic heterocycles. The highest BCUT2D eigenvalue weighted by Gasteiger charge is 2.44. The molecule has 0 spiro atoms. The Hall–Kier alpha value is -0.240. The van der Waals surface area contributed by atoms with E-state index in [2.05, 4.69) is 29.0 Å². The maximum atomic E-state index is 10.4. The Morgan fingerprint density at radius 3 is 2.30 bits per heavy atom. The second-order valence-corrected chi connectivity index (χ2v) is 6.22. The number of rotatable bonds is 8. The van der Waals surface area contributed by atoms with E-state index in [1.807, 2.05) is 21.1 Å². The van der Waals surface area contributed by atoms with Crippen LogP contribution in [0.2, 0.25) is 0 Å². The molecule has 0 amide bonds. The number of aliphatic hydroxyl groups excluding tert-OH is 2. The summed E-state index contributed by atoms with van der Waals surface area (Å²) in [6.07, 6.45) is -1.23. The molecule has 4 atom stereocenters. The van der Waals surface area contributed by atoms with Gasteiger partial charge in [-0.25, -0.2) is 0 Å². The summed E-state index contributed by atoms with van der Waals surface area (Å²) < 4.78 is 5.80. The maximum Gasteiger partial charge on any atom is 0.109 e. The van der Waals surface area contributed by atoms with E-state index in [0.29, 0.717) is 12.6 Å². The van der Waals surface area contributed by atoms with Gasteiger partial charge in [-0.3, -0.25) is 4.90 Å². The van der Waals surface area contributed by atoms with Crippen LogP contribution >= 0.6 is 0 Å². The van der Waals surface area contributed by atoms with Gasteiger partial charge in [-0.1, -0.05) is 13.8 Å². The van der Waals surface area contributed by atoms with E-state index in [9.17, 15) is 10.2 Å². The summed E-state index contributed by atoms with van der Waals surface area (Å²) in [5.41, 5.74) is 0. The molecule has 0 aromatic heterocycles. The summed E-state index contributed by atoms with van der Waals surface area (Å²) in [5.74, 6) is 0. The van der Waals surface area contributed by atoms with Gasteiger partial charge in [0.05, 0.1) is 18.8 Å². The lowest BCUT2D eigenvalue weighted by molar-refractivity contribution is -0.0216. The van der Waals surface area contributed by atoms with Gasteiger partial charge in [-0.2, -0.15) is 0 Å². The number of likely N-dealkylation sites (N-methyl/N-ethyl adjacent to an activating group) is 2. The smallest absolute Gasteiger partial charge is 0.109 e. The topological polar surface area (TPSA) is 68.2 Å². The fourth-order valence-corrected chi connectivity index (χ4v) is 2.55. The standard InChI is InChI=1S/C14H31N3O3/c1-10(2)15-8-11-13(14(19)12(9-18)20-11)17(5)7-6-16(3)4/h10-15,18-19H,6-9H2,1-5H3/t11-,12+,13+,14-/m1/s1. The molecule has 0 radical (unpaired) electrons. The summed E-state index contributed by atoms with van der Waals surface area (Å²) in [5, 5.41) is 23.0. The molecule has 0 bridgehead atoms. The Bertz CT molecular complexity index is 276. The van der Waals surface area contributed by atoms with Crippen molar-refractivity contribution in [2.75, 3.05) is 47.4 Å². The number of aliphatic hydroxyl groups is 2. The zero-order valence-electron chi connectivity index (χ0n) is 13.4. The van der Waals surface area contributed by atoms with Crippen LogP contribution in [-0.2, 0) is 4.74 Å². The summed E-state index contributed by atoms with van der Waals surface area (Å²) in [4.78, 5) is 4.25. The number of hydrogen-bond acceptors (Lipinski definition) is 6. The van der Waals surface area contributed by atoms with Gasteiger partial charge < -0.3 is 25.2 Å². The van der Waals surface area contributed by atoms with E-state index in [1.165, 1.54) is 0 Å². The van der Waals surface area contributed by atoms with Crippen LogP contribution < -0.4 is 5.32 Å². The first-order valence-corrected chi connectivity index (χ1v) is 7.39. The molecule has 0 aromatic rings. The number of hydrogen-bond donors (Lipinski definition) is 3. The van der Waals surface area contributed by atoms with Crippen LogP contribution in [0.3, 0.4) is 0 Å². The monoisotopic (exact) mass is 289 g/mol. The third-order valence-electron chi connectivity index (χ3n) is 3.78. The largest absolute Gasteiger partial charge is 0.394 e. The number of nitrogens with zero attached hydrogens (tertiary/aromatic N) is 2. The summed E-state index contributed by atoms with van der Waals surface area (Å²) >= 11 is 0. The van der Waals surface area contributed by atoms with Crippen molar-refractivity contribution in [1.29, 1.82) is 0 Å². The van der Waals surface area contributed by atoms with E-state index >= 15 is 0 Å². The van der Waals surface area contributed by atoms with Gasteiger partial charge in [0.2, 0.25) is 0 Å². The van der Waals surface area contributed by atoms with Gasteiger partial charge in [0, 0.05) is 25.7 Å². The Balaban J connectivity index is 2.64. The van der Waals surface area contributed by atoms with Gasteiger partial charge in [0.25, 0.3) is 0 Å². The van der Waals surface area contributed by atoms with E-state index in [-0.39, 0.29) is 18.8 Å². The highest BCUT2D eigenvalue weighted by Crippen LogP contribution is 2.24. The van der Waals surface area contributed by atoms with Crippen molar-refractivity contribution in [1.82, 2.24) is 15.1 Å². The Morgan fingerprint density at radius 2 is 1.80 bits per heavy atom. The number of ether oxygens (including phenoxy) is 1. The highest BCUT2D eigenvalue weighted by atomic mass is 16.5. The fourth-order valence-electron chi connectivity index (χ4n) is 2.55. The average molecular weight is 289 g/mol. The summed E-state index contributed by atoms with van der Waals surface area (Å²) in [6.45, 7) is 6.49. The molecule has 3 N–H and O–H groups in total. The molecule has 6 heteroatoms. The van der Waals surface area contributed by atoms with Crippen LogP contribution in [-0.4, -0.2) is 97.8 Å². The molecule has 20 heavy (non-hydrogen) atoms. The molecule has 1 heterocycles. The lowest BCUT2D eigenvalue weighted by Crippen LogP contribution is -2.51. The summed E-state index contributed by atoms with van der Waals surface area (Å²) in [6, 6.07) is 0.287.